The summed E-state index contributed by atoms with van der Waals surface area (Å²) in [4.78, 5) is 9.94. The summed E-state index contributed by atoms with van der Waals surface area (Å²) >= 11 is 0. The number of halogens is 2. The highest BCUT2D eigenvalue weighted by Crippen LogP contribution is 2.34. The van der Waals surface area contributed by atoms with E-state index >= 15 is 0 Å². The van der Waals surface area contributed by atoms with E-state index in [1.165, 1.54) is 0 Å². The third kappa shape index (κ3) is 2.91. The van der Waals surface area contributed by atoms with E-state index in [1.807, 2.05) is 13.8 Å². The number of hydrogen-bond donors (Lipinski definition) is 1. The maximum absolute atomic E-state index is 13.8. The van der Waals surface area contributed by atoms with Gasteiger partial charge in [0, 0.05) is 13.1 Å². The Morgan fingerprint density at radius 3 is 2.43 bits per heavy atom. The molecule has 2 rings (SSSR count). The lowest BCUT2D eigenvalue weighted by Gasteiger charge is -2.20. The second kappa shape index (κ2) is 5.03. The van der Waals surface area contributed by atoms with E-state index in [4.69, 9.17) is 5.11 Å². The van der Waals surface area contributed by atoms with E-state index in [9.17, 15) is 22.0 Å². The number of hydrogen-bond acceptors (Lipinski definition) is 3. The summed E-state index contributed by atoms with van der Waals surface area (Å²) in [6.07, 6.45) is 0.592. The molecule has 1 heterocycles. The highest BCUT2D eigenvalue weighted by Gasteiger charge is 2.38. The van der Waals surface area contributed by atoms with Gasteiger partial charge in [0.05, 0.1) is 5.56 Å². The number of rotatable bonds is 3. The molecule has 1 saturated heterocycles. The molecule has 8 heteroatoms. The molecule has 0 unspecified atom stereocenters. The molecular formula is C13H15F2NO4S. The third-order valence-electron chi connectivity index (χ3n) is 3.50. The SMILES string of the molecule is CC1(C)CCN(S(=O)(=O)c2cc(C(=O)O)cc(F)c2F)C1. The summed E-state index contributed by atoms with van der Waals surface area (Å²) < 4.78 is 53.1. The molecule has 1 aromatic rings. The molecule has 0 aliphatic carbocycles. The van der Waals surface area contributed by atoms with Gasteiger partial charge in [0.15, 0.2) is 11.6 Å². The Morgan fingerprint density at radius 2 is 1.95 bits per heavy atom. The molecule has 0 spiro atoms. The van der Waals surface area contributed by atoms with Crippen LogP contribution in [0, 0.1) is 17.0 Å². The Bertz CT molecular complexity index is 700. The monoisotopic (exact) mass is 319 g/mol. The first-order chi connectivity index (χ1) is 9.54. The summed E-state index contributed by atoms with van der Waals surface area (Å²) in [7, 11) is -4.26. The van der Waals surface area contributed by atoms with E-state index in [-0.39, 0.29) is 18.5 Å². The fourth-order valence-electron chi connectivity index (χ4n) is 2.28. The van der Waals surface area contributed by atoms with Gasteiger partial charge in [0.25, 0.3) is 0 Å². The van der Waals surface area contributed by atoms with Gasteiger partial charge in [0.2, 0.25) is 10.0 Å². The summed E-state index contributed by atoms with van der Waals surface area (Å²) in [5.74, 6) is -4.57. The van der Waals surface area contributed by atoms with Gasteiger partial charge in [-0.15, -0.1) is 0 Å². The molecule has 1 aliphatic heterocycles. The van der Waals surface area contributed by atoms with Crippen LogP contribution < -0.4 is 0 Å². The number of benzene rings is 1. The normalized spacial score (nSPS) is 18.9. The van der Waals surface area contributed by atoms with Gasteiger partial charge in [-0.3, -0.25) is 0 Å². The molecule has 0 aromatic heterocycles. The predicted molar refractivity (Wildman–Crippen MR) is 70.5 cm³/mol. The van der Waals surface area contributed by atoms with E-state index in [2.05, 4.69) is 0 Å². The van der Waals surface area contributed by atoms with E-state index < -0.39 is 38.1 Å². The fraction of sp³-hybridized carbons (Fsp3) is 0.462. The molecule has 0 bridgehead atoms. The van der Waals surface area contributed by atoms with Gasteiger partial charge in [-0.1, -0.05) is 13.8 Å². The zero-order chi connectivity index (χ0) is 16.0. The maximum Gasteiger partial charge on any atom is 0.335 e. The largest absolute Gasteiger partial charge is 0.478 e. The number of sulfonamides is 1. The Morgan fingerprint density at radius 1 is 1.33 bits per heavy atom. The maximum atomic E-state index is 13.8. The van der Waals surface area contributed by atoms with Crippen LogP contribution >= 0.6 is 0 Å². The van der Waals surface area contributed by atoms with Crippen LogP contribution in [0.2, 0.25) is 0 Å². The summed E-state index contributed by atoms with van der Waals surface area (Å²) in [5, 5.41) is 8.84. The van der Waals surface area contributed by atoms with Gasteiger partial charge in [-0.25, -0.2) is 22.0 Å². The average molecular weight is 319 g/mol. The summed E-state index contributed by atoms with van der Waals surface area (Å²) in [5.41, 5.74) is -0.863. The molecule has 1 aromatic carbocycles. The van der Waals surface area contributed by atoms with Gasteiger partial charge in [0.1, 0.15) is 4.90 Å². The Hall–Kier alpha value is -1.54. The van der Waals surface area contributed by atoms with Gasteiger partial charge in [-0.2, -0.15) is 4.31 Å². The van der Waals surface area contributed by atoms with Crippen molar-refractivity contribution in [3.63, 3.8) is 0 Å². The van der Waals surface area contributed by atoms with Crippen LogP contribution in [0.3, 0.4) is 0 Å². The first-order valence-corrected chi connectivity index (χ1v) is 7.71. The van der Waals surface area contributed by atoms with Crippen LogP contribution in [0.15, 0.2) is 17.0 Å². The molecule has 0 amide bonds. The molecule has 0 atom stereocenters. The number of carboxylic acid groups (broad SMARTS) is 1. The van der Waals surface area contributed by atoms with Gasteiger partial charge in [-0.05, 0) is 24.0 Å². The summed E-state index contributed by atoms with van der Waals surface area (Å²) in [6, 6.07) is 1.12. The van der Waals surface area contributed by atoms with Crippen molar-refractivity contribution in [1.82, 2.24) is 4.31 Å². The number of nitrogens with zero attached hydrogens (tertiary/aromatic N) is 1. The quantitative estimate of drug-likeness (QED) is 0.925. The van der Waals surface area contributed by atoms with E-state index in [0.717, 1.165) is 4.31 Å². The molecule has 0 radical (unpaired) electrons. The molecule has 116 valence electrons. The lowest BCUT2D eigenvalue weighted by Crippen LogP contribution is -2.31. The second-order valence-electron chi connectivity index (χ2n) is 5.83. The first-order valence-electron chi connectivity index (χ1n) is 6.27. The Kier molecular flexibility index (Phi) is 3.79. The highest BCUT2D eigenvalue weighted by molar-refractivity contribution is 7.89. The van der Waals surface area contributed by atoms with Crippen molar-refractivity contribution in [3.05, 3.63) is 29.3 Å². The van der Waals surface area contributed by atoms with Crippen LogP contribution in [0.1, 0.15) is 30.6 Å². The van der Waals surface area contributed by atoms with Crippen LogP contribution in [0.4, 0.5) is 8.78 Å². The van der Waals surface area contributed by atoms with Crippen molar-refractivity contribution in [2.24, 2.45) is 5.41 Å². The molecule has 1 aliphatic rings. The molecule has 5 nitrogen and oxygen atoms in total. The van der Waals surface area contributed by atoms with Crippen molar-refractivity contribution in [2.45, 2.75) is 25.2 Å². The second-order valence-corrected chi connectivity index (χ2v) is 7.73. The van der Waals surface area contributed by atoms with E-state index in [0.29, 0.717) is 18.6 Å². The van der Waals surface area contributed by atoms with Crippen LogP contribution in [0.5, 0.6) is 0 Å². The van der Waals surface area contributed by atoms with Gasteiger partial charge >= 0.3 is 5.97 Å². The van der Waals surface area contributed by atoms with Crippen molar-refractivity contribution in [3.8, 4) is 0 Å². The van der Waals surface area contributed by atoms with Crippen molar-refractivity contribution >= 4 is 16.0 Å². The lowest BCUT2D eigenvalue weighted by atomic mass is 9.93. The standard InChI is InChI=1S/C13H15F2NO4S/c1-13(2)3-4-16(7-13)21(19,20)10-6-8(12(17)18)5-9(14)11(10)15/h5-6H,3-4,7H2,1-2H3,(H,17,18). The average Bonchev–Trinajstić information content (AvgIpc) is 2.73. The number of aromatic carboxylic acids is 1. The number of carbonyl (C=O) groups is 1. The van der Waals surface area contributed by atoms with E-state index in [1.54, 1.807) is 0 Å². The topological polar surface area (TPSA) is 74.7 Å². The highest BCUT2D eigenvalue weighted by atomic mass is 32.2. The van der Waals surface area contributed by atoms with Crippen LogP contribution in [0.25, 0.3) is 0 Å². The molecular weight excluding hydrogens is 304 g/mol. The Labute approximate surface area is 121 Å². The summed E-state index contributed by atoms with van der Waals surface area (Å²) in [6.45, 7) is 4.10. The zero-order valence-electron chi connectivity index (χ0n) is 11.6. The zero-order valence-corrected chi connectivity index (χ0v) is 12.4. The van der Waals surface area contributed by atoms with Crippen molar-refractivity contribution in [1.29, 1.82) is 0 Å². The smallest absolute Gasteiger partial charge is 0.335 e. The molecule has 1 fully saturated rings. The molecule has 1 N–H and O–H groups in total. The first kappa shape index (κ1) is 15.8. The van der Waals surface area contributed by atoms with Crippen molar-refractivity contribution < 1.29 is 27.1 Å². The molecule has 21 heavy (non-hydrogen) atoms. The van der Waals surface area contributed by atoms with Crippen LogP contribution in [-0.4, -0.2) is 36.9 Å². The fourth-order valence-corrected chi connectivity index (χ4v) is 4.01. The van der Waals surface area contributed by atoms with Gasteiger partial charge < -0.3 is 5.11 Å². The van der Waals surface area contributed by atoms with Crippen LogP contribution in [-0.2, 0) is 10.0 Å². The predicted octanol–water partition coefficient (Wildman–Crippen LogP) is 2.08. The number of carboxylic acids is 1. The minimum absolute atomic E-state index is 0.174. The minimum atomic E-state index is -4.26. The lowest BCUT2D eigenvalue weighted by molar-refractivity contribution is 0.0696. The van der Waals surface area contributed by atoms with Crippen molar-refractivity contribution in [2.75, 3.05) is 13.1 Å². The molecule has 0 saturated carbocycles. The Balaban J connectivity index is 2.53. The third-order valence-corrected chi connectivity index (χ3v) is 5.35. The minimum Gasteiger partial charge on any atom is -0.478 e.